The lowest BCUT2D eigenvalue weighted by Crippen LogP contribution is -2.37. The molecule has 6 heteroatoms. The predicted molar refractivity (Wildman–Crippen MR) is 93.7 cm³/mol. The molecule has 0 aromatic heterocycles. The average Bonchev–Trinajstić information content (AvgIpc) is 2.47. The fourth-order valence-corrected chi connectivity index (χ4v) is 1.62. The lowest BCUT2D eigenvalue weighted by Gasteiger charge is -2.11. The Hall–Kier alpha value is -1.31. The van der Waals surface area contributed by atoms with Gasteiger partial charge in [-0.3, -0.25) is 9.79 Å². The molecule has 0 unspecified atom stereocenters. The van der Waals surface area contributed by atoms with Crippen LogP contribution in [-0.4, -0.2) is 32.5 Å². The third-order valence-corrected chi connectivity index (χ3v) is 2.64. The molecule has 0 saturated heterocycles. The molecule has 0 saturated carbocycles. The number of carbonyl (C=O) groups excluding carboxylic acids is 1. The Kier molecular flexibility index (Phi) is 9.79. The minimum absolute atomic E-state index is 0. The highest BCUT2D eigenvalue weighted by Crippen LogP contribution is 2.04. The molecule has 0 atom stereocenters. The third kappa shape index (κ3) is 6.23. The first-order chi connectivity index (χ1) is 9.21. The Morgan fingerprint density at radius 2 is 2.05 bits per heavy atom. The second-order valence-corrected chi connectivity index (χ2v) is 4.13. The molecule has 0 aliphatic rings. The molecule has 0 aliphatic carbocycles. The molecule has 0 aliphatic heterocycles. The van der Waals surface area contributed by atoms with Gasteiger partial charge in [-0.25, -0.2) is 0 Å². The second kappa shape index (κ2) is 10.5. The van der Waals surface area contributed by atoms with E-state index in [2.05, 4.69) is 27.9 Å². The van der Waals surface area contributed by atoms with E-state index in [0.717, 1.165) is 24.5 Å². The predicted octanol–water partition coefficient (Wildman–Crippen LogP) is 1.74. The number of hydrogen-bond acceptors (Lipinski definition) is 2. The van der Waals surface area contributed by atoms with E-state index in [0.29, 0.717) is 12.1 Å². The van der Waals surface area contributed by atoms with E-state index < -0.39 is 0 Å². The standard InChI is InChI=1S/C14H22N4O.HI/c1-4-8-17-14(16-3)18-10-11-6-5-7-12(9-11)13(19)15-2;/h5-7,9H,4,8,10H2,1-3H3,(H,15,19)(H2,16,17,18);1H. The number of guanidine groups is 1. The minimum atomic E-state index is -0.0738. The van der Waals surface area contributed by atoms with Crippen LogP contribution >= 0.6 is 24.0 Å². The Morgan fingerprint density at radius 1 is 1.30 bits per heavy atom. The first-order valence-electron chi connectivity index (χ1n) is 6.46. The zero-order valence-electron chi connectivity index (χ0n) is 12.2. The van der Waals surface area contributed by atoms with Crippen molar-refractivity contribution in [3.05, 3.63) is 35.4 Å². The number of nitrogens with one attached hydrogen (secondary N) is 3. The average molecular weight is 390 g/mol. The van der Waals surface area contributed by atoms with Gasteiger partial charge in [0.15, 0.2) is 5.96 Å². The summed E-state index contributed by atoms with van der Waals surface area (Å²) in [5.41, 5.74) is 1.71. The van der Waals surface area contributed by atoms with Crippen molar-refractivity contribution in [3.63, 3.8) is 0 Å². The van der Waals surface area contributed by atoms with E-state index in [1.165, 1.54) is 0 Å². The summed E-state index contributed by atoms with van der Waals surface area (Å²) < 4.78 is 0. The van der Waals surface area contributed by atoms with Crippen LogP contribution in [-0.2, 0) is 6.54 Å². The highest BCUT2D eigenvalue weighted by Gasteiger charge is 2.04. The van der Waals surface area contributed by atoms with Crippen LogP contribution < -0.4 is 16.0 Å². The Labute approximate surface area is 137 Å². The molecular formula is C14H23IN4O. The van der Waals surface area contributed by atoms with Crippen LogP contribution in [0.5, 0.6) is 0 Å². The maximum absolute atomic E-state index is 11.5. The molecular weight excluding hydrogens is 367 g/mol. The maximum atomic E-state index is 11.5. The van der Waals surface area contributed by atoms with Crippen LogP contribution in [0.25, 0.3) is 0 Å². The van der Waals surface area contributed by atoms with E-state index in [1.54, 1.807) is 20.2 Å². The summed E-state index contributed by atoms with van der Waals surface area (Å²) in [5, 5.41) is 9.03. The minimum Gasteiger partial charge on any atom is -0.356 e. The second-order valence-electron chi connectivity index (χ2n) is 4.13. The maximum Gasteiger partial charge on any atom is 0.251 e. The van der Waals surface area contributed by atoms with Crippen molar-refractivity contribution in [3.8, 4) is 0 Å². The molecule has 20 heavy (non-hydrogen) atoms. The normalized spacial score (nSPS) is 10.4. The summed E-state index contributed by atoms with van der Waals surface area (Å²) in [7, 11) is 3.37. The fourth-order valence-electron chi connectivity index (χ4n) is 1.62. The first kappa shape index (κ1) is 18.7. The van der Waals surface area contributed by atoms with Gasteiger partial charge in [0.25, 0.3) is 5.91 Å². The van der Waals surface area contributed by atoms with Crippen LogP contribution in [0.3, 0.4) is 0 Å². The number of carbonyl (C=O) groups is 1. The molecule has 0 bridgehead atoms. The summed E-state index contributed by atoms with van der Waals surface area (Å²) in [5.74, 6) is 0.697. The number of nitrogens with zero attached hydrogens (tertiary/aromatic N) is 1. The van der Waals surface area contributed by atoms with Gasteiger partial charge in [0, 0.05) is 32.7 Å². The van der Waals surface area contributed by atoms with Crippen molar-refractivity contribution >= 4 is 35.8 Å². The number of aliphatic imine (C=N–C) groups is 1. The van der Waals surface area contributed by atoms with Gasteiger partial charge in [-0.05, 0) is 24.1 Å². The van der Waals surface area contributed by atoms with Gasteiger partial charge in [0.2, 0.25) is 0 Å². The Morgan fingerprint density at radius 3 is 2.65 bits per heavy atom. The van der Waals surface area contributed by atoms with Crippen molar-refractivity contribution in [2.24, 2.45) is 4.99 Å². The van der Waals surface area contributed by atoms with E-state index in [1.807, 2.05) is 18.2 Å². The molecule has 1 aromatic rings. The number of halogens is 1. The number of benzene rings is 1. The lowest BCUT2D eigenvalue weighted by atomic mass is 10.1. The van der Waals surface area contributed by atoms with Crippen LogP contribution in [0, 0.1) is 0 Å². The zero-order valence-corrected chi connectivity index (χ0v) is 14.5. The van der Waals surface area contributed by atoms with Crippen LogP contribution in [0.1, 0.15) is 29.3 Å². The molecule has 1 aromatic carbocycles. The molecule has 112 valence electrons. The smallest absolute Gasteiger partial charge is 0.251 e. The van der Waals surface area contributed by atoms with Gasteiger partial charge >= 0.3 is 0 Å². The molecule has 0 radical (unpaired) electrons. The van der Waals surface area contributed by atoms with Crippen molar-refractivity contribution in [1.29, 1.82) is 0 Å². The molecule has 0 heterocycles. The molecule has 3 N–H and O–H groups in total. The van der Waals surface area contributed by atoms with Crippen LogP contribution in [0.15, 0.2) is 29.3 Å². The molecule has 1 rings (SSSR count). The van der Waals surface area contributed by atoms with Crippen molar-refractivity contribution in [2.75, 3.05) is 20.6 Å². The van der Waals surface area contributed by atoms with Gasteiger partial charge < -0.3 is 16.0 Å². The van der Waals surface area contributed by atoms with Gasteiger partial charge in [0.1, 0.15) is 0 Å². The number of rotatable bonds is 5. The summed E-state index contributed by atoms with van der Waals surface area (Å²) >= 11 is 0. The number of amides is 1. The van der Waals surface area contributed by atoms with E-state index in [-0.39, 0.29) is 29.9 Å². The highest BCUT2D eigenvalue weighted by molar-refractivity contribution is 14.0. The monoisotopic (exact) mass is 390 g/mol. The van der Waals surface area contributed by atoms with E-state index in [9.17, 15) is 4.79 Å². The summed E-state index contributed by atoms with van der Waals surface area (Å²) in [4.78, 5) is 15.7. The summed E-state index contributed by atoms with van der Waals surface area (Å²) in [6, 6.07) is 7.53. The molecule has 1 amide bonds. The quantitative estimate of drug-likeness (QED) is 0.408. The van der Waals surface area contributed by atoms with Crippen LogP contribution in [0.4, 0.5) is 0 Å². The Balaban J connectivity index is 0.00000361. The first-order valence-corrected chi connectivity index (χ1v) is 6.46. The van der Waals surface area contributed by atoms with Crippen LogP contribution in [0.2, 0.25) is 0 Å². The van der Waals surface area contributed by atoms with Crippen molar-refractivity contribution < 1.29 is 4.79 Å². The molecule has 0 spiro atoms. The zero-order chi connectivity index (χ0) is 14.1. The SMILES string of the molecule is CCCNC(=NC)NCc1cccc(C(=O)NC)c1.I. The third-order valence-electron chi connectivity index (χ3n) is 2.64. The van der Waals surface area contributed by atoms with Gasteiger partial charge in [-0.2, -0.15) is 0 Å². The van der Waals surface area contributed by atoms with E-state index in [4.69, 9.17) is 0 Å². The van der Waals surface area contributed by atoms with Gasteiger partial charge in [0.05, 0.1) is 0 Å². The molecule has 0 fully saturated rings. The van der Waals surface area contributed by atoms with Crippen molar-refractivity contribution in [2.45, 2.75) is 19.9 Å². The fraction of sp³-hybridized carbons (Fsp3) is 0.429. The summed E-state index contributed by atoms with van der Waals surface area (Å²) in [6.07, 6.45) is 1.05. The van der Waals surface area contributed by atoms with Crippen molar-refractivity contribution in [1.82, 2.24) is 16.0 Å². The Bertz CT molecular complexity index is 449. The van der Waals surface area contributed by atoms with Gasteiger partial charge in [-0.1, -0.05) is 19.1 Å². The lowest BCUT2D eigenvalue weighted by molar-refractivity contribution is 0.0963. The van der Waals surface area contributed by atoms with E-state index >= 15 is 0 Å². The largest absolute Gasteiger partial charge is 0.356 e. The summed E-state index contributed by atoms with van der Waals surface area (Å²) in [6.45, 7) is 3.62. The topological polar surface area (TPSA) is 65.5 Å². The number of hydrogen-bond donors (Lipinski definition) is 3. The molecule has 5 nitrogen and oxygen atoms in total. The highest BCUT2D eigenvalue weighted by atomic mass is 127. The van der Waals surface area contributed by atoms with Gasteiger partial charge in [-0.15, -0.1) is 24.0 Å².